The Hall–Kier alpha value is -3.40. The summed E-state index contributed by atoms with van der Waals surface area (Å²) in [6, 6.07) is 7.61. The number of non-ortho nitro benzene ring substituents is 1. The number of methoxy groups -OCH3 is 3. The molecule has 2 aromatic carbocycles. The van der Waals surface area contributed by atoms with E-state index in [1.54, 1.807) is 18.2 Å². The van der Waals surface area contributed by atoms with Crippen molar-refractivity contribution >= 4 is 38.3 Å². The third-order valence-electron chi connectivity index (χ3n) is 3.74. The van der Waals surface area contributed by atoms with Gasteiger partial charge in [-0.3, -0.25) is 20.2 Å². The Bertz CT molecular complexity index is 1030. The number of nitrogens with one attached hydrogen (secondary N) is 1. The van der Waals surface area contributed by atoms with Crippen LogP contribution >= 0.6 is 11.3 Å². The highest BCUT2D eigenvalue weighted by atomic mass is 32.1. The molecule has 1 heterocycles. The molecule has 140 valence electrons. The number of aromatic nitrogens is 1. The van der Waals surface area contributed by atoms with Crippen LogP contribution in [0.25, 0.3) is 10.2 Å². The zero-order valence-corrected chi connectivity index (χ0v) is 15.5. The zero-order chi connectivity index (χ0) is 19.6. The molecule has 1 N–H and O–H groups in total. The Kier molecular flexibility index (Phi) is 5.08. The molecular weight excluding hydrogens is 374 g/mol. The average molecular weight is 389 g/mol. The smallest absolute Gasteiger partial charge is 0.274 e. The van der Waals surface area contributed by atoms with Gasteiger partial charge in [0.15, 0.2) is 22.4 Å². The molecule has 0 unspecified atom stereocenters. The van der Waals surface area contributed by atoms with E-state index in [-0.39, 0.29) is 22.1 Å². The van der Waals surface area contributed by atoms with E-state index in [2.05, 4.69) is 10.3 Å². The van der Waals surface area contributed by atoms with E-state index in [0.29, 0.717) is 21.7 Å². The first-order chi connectivity index (χ1) is 13.0. The van der Waals surface area contributed by atoms with Crippen molar-refractivity contribution in [3.8, 4) is 17.2 Å². The fourth-order valence-corrected chi connectivity index (χ4v) is 3.44. The maximum absolute atomic E-state index is 12.6. The topological polar surface area (TPSA) is 113 Å². The lowest BCUT2D eigenvalue weighted by molar-refractivity contribution is -0.384. The summed E-state index contributed by atoms with van der Waals surface area (Å²) in [6.45, 7) is 0. The molecule has 0 aliphatic heterocycles. The van der Waals surface area contributed by atoms with Crippen LogP contribution in [0.15, 0.2) is 30.3 Å². The number of amides is 1. The fraction of sp³-hybridized carbons (Fsp3) is 0.176. The number of benzene rings is 2. The van der Waals surface area contributed by atoms with Crippen LogP contribution in [0, 0.1) is 10.1 Å². The molecule has 0 saturated carbocycles. The third-order valence-corrected chi connectivity index (χ3v) is 4.66. The van der Waals surface area contributed by atoms with E-state index in [1.165, 1.54) is 33.5 Å². The van der Waals surface area contributed by atoms with Crippen molar-refractivity contribution in [2.45, 2.75) is 0 Å². The molecule has 0 bridgehead atoms. The van der Waals surface area contributed by atoms with Crippen LogP contribution in [0.3, 0.4) is 0 Å². The van der Waals surface area contributed by atoms with Gasteiger partial charge in [-0.2, -0.15) is 0 Å². The first-order valence-corrected chi connectivity index (χ1v) is 8.45. The second-order valence-electron chi connectivity index (χ2n) is 5.27. The number of fused-ring (bicyclic) bond motifs is 1. The molecule has 0 aliphatic rings. The highest BCUT2D eigenvalue weighted by molar-refractivity contribution is 7.22. The van der Waals surface area contributed by atoms with Gasteiger partial charge >= 0.3 is 0 Å². The lowest BCUT2D eigenvalue weighted by Gasteiger charge is -2.11. The lowest BCUT2D eigenvalue weighted by Crippen LogP contribution is -2.13. The third kappa shape index (κ3) is 3.47. The molecule has 1 aromatic heterocycles. The van der Waals surface area contributed by atoms with Crippen molar-refractivity contribution < 1.29 is 23.9 Å². The predicted octanol–water partition coefficient (Wildman–Crippen LogP) is 3.48. The van der Waals surface area contributed by atoms with E-state index >= 15 is 0 Å². The Morgan fingerprint density at radius 3 is 2.52 bits per heavy atom. The van der Waals surface area contributed by atoms with Gasteiger partial charge in [0, 0.05) is 6.07 Å². The van der Waals surface area contributed by atoms with Crippen LogP contribution < -0.4 is 19.5 Å². The Morgan fingerprint density at radius 2 is 1.89 bits per heavy atom. The summed E-state index contributed by atoms with van der Waals surface area (Å²) in [4.78, 5) is 27.5. The van der Waals surface area contributed by atoms with E-state index in [1.807, 2.05) is 0 Å². The first-order valence-electron chi connectivity index (χ1n) is 7.63. The average Bonchev–Trinajstić information content (AvgIpc) is 3.08. The van der Waals surface area contributed by atoms with Gasteiger partial charge in [0.05, 0.1) is 42.6 Å². The largest absolute Gasteiger partial charge is 0.494 e. The maximum Gasteiger partial charge on any atom is 0.274 e. The van der Waals surface area contributed by atoms with Crippen molar-refractivity contribution in [3.63, 3.8) is 0 Å². The number of para-hydroxylation sites is 1. The fourth-order valence-electron chi connectivity index (χ4n) is 2.53. The minimum Gasteiger partial charge on any atom is -0.494 e. The highest BCUT2D eigenvalue weighted by Gasteiger charge is 2.20. The summed E-state index contributed by atoms with van der Waals surface area (Å²) in [6.07, 6.45) is 0. The number of ether oxygens (including phenoxy) is 3. The van der Waals surface area contributed by atoms with Crippen LogP contribution in [-0.4, -0.2) is 37.1 Å². The first kappa shape index (κ1) is 18.4. The minimum atomic E-state index is -0.513. The highest BCUT2D eigenvalue weighted by Crippen LogP contribution is 2.37. The van der Waals surface area contributed by atoms with Gasteiger partial charge in [0.2, 0.25) is 0 Å². The SMILES string of the molecule is COc1cccc(C(=O)Nc2nc3c(OC)cc([N+](=O)[O-])cc3s2)c1OC. The molecule has 0 aliphatic carbocycles. The molecule has 0 fully saturated rings. The van der Waals surface area contributed by atoms with Gasteiger partial charge in [-0.05, 0) is 12.1 Å². The van der Waals surface area contributed by atoms with Crippen molar-refractivity contribution in [1.82, 2.24) is 4.98 Å². The van der Waals surface area contributed by atoms with Crippen molar-refractivity contribution in [2.75, 3.05) is 26.6 Å². The number of nitrogens with zero attached hydrogens (tertiary/aromatic N) is 2. The van der Waals surface area contributed by atoms with Crippen molar-refractivity contribution in [1.29, 1.82) is 0 Å². The summed E-state index contributed by atoms with van der Waals surface area (Å²) in [5.74, 6) is 0.534. The van der Waals surface area contributed by atoms with Crippen LogP contribution in [-0.2, 0) is 0 Å². The number of nitro groups is 1. The van der Waals surface area contributed by atoms with Gasteiger partial charge < -0.3 is 14.2 Å². The molecule has 0 spiro atoms. The van der Waals surface area contributed by atoms with E-state index in [9.17, 15) is 14.9 Å². The van der Waals surface area contributed by atoms with Gasteiger partial charge in [0.25, 0.3) is 11.6 Å². The second kappa shape index (κ2) is 7.46. The number of anilines is 1. The van der Waals surface area contributed by atoms with Crippen LogP contribution in [0.1, 0.15) is 10.4 Å². The van der Waals surface area contributed by atoms with Crippen LogP contribution in [0.4, 0.5) is 10.8 Å². The number of nitro benzene ring substituents is 1. The zero-order valence-electron chi connectivity index (χ0n) is 14.6. The maximum atomic E-state index is 12.6. The minimum absolute atomic E-state index is 0.115. The Morgan fingerprint density at radius 1 is 1.15 bits per heavy atom. The summed E-state index contributed by atoms with van der Waals surface area (Å²) in [7, 11) is 4.32. The quantitative estimate of drug-likeness (QED) is 0.507. The van der Waals surface area contributed by atoms with Gasteiger partial charge in [-0.1, -0.05) is 17.4 Å². The molecule has 0 radical (unpaired) electrons. The van der Waals surface area contributed by atoms with Crippen LogP contribution in [0.5, 0.6) is 17.2 Å². The molecule has 10 heteroatoms. The van der Waals surface area contributed by atoms with Gasteiger partial charge in [-0.15, -0.1) is 0 Å². The molecule has 9 nitrogen and oxygen atoms in total. The van der Waals surface area contributed by atoms with Gasteiger partial charge in [0.1, 0.15) is 5.52 Å². The number of hydrogen-bond acceptors (Lipinski definition) is 8. The normalized spacial score (nSPS) is 10.5. The van der Waals surface area contributed by atoms with Gasteiger partial charge in [-0.25, -0.2) is 4.98 Å². The number of thiazole rings is 1. The van der Waals surface area contributed by atoms with E-state index in [4.69, 9.17) is 14.2 Å². The van der Waals surface area contributed by atoms with Crippen LogP contribution in [0.2, 0.25) is 0 Å². The monoisotopic (exact) mass is 389 g/mol. The molecule has 3 aromatic rings. The van der Waals surface area contributed by atoms with Crippen molar-refractivity contribution in [3.05, 3.63) is 46.0 Å². The standard InChI is InChI=1S/C17H15N3O6S/c1-24-11-6-4-5-10(15(11)26-3)16(21)19-17-18-14-12(25-2)7-9(20(22)23)8-13(14)27-17/h4-8H,1-3H3,(H,18,19,21). The number of hydrogen-bond donors (Lipinski definition) is 1. The molecule has 1 amide bonds. The van der Waals surface area contributed by atoms with E-state index < -0.39 is 10.8 Å². The number of carbonyl (C=O) groups is 1. The molecule has 27 heavy (non-hydrogen) atoms. The Balaban J connectivity index is 1.98. The molecule has 0 saturated heterocycles. The van der Waals surface area contributed by atoms with Crippen molar-refractivity contribution in [2.24, 2.45) is 0 Å². The summed E-state index contributed by atoms with van der Waals surface area (Å²) < 4.78 is 16.2. The second-order valence-corrected chi connectivity index (χ2v) is 6.30. The molecular formula is C17H15N3O6S. The summed E-state index contributed by atoms with van der Waals surface area (Å²) in [5, 5.41) is 14.0. The summed E-state index contributed by atoms with van der Waals surface area (Å²) in [5.41, 5.74) is 0.588. The molecule has 3 rings (SSSR count). The predicted molar refractivity (Wildman–Crippen MR) is 100 cm³/mol. The Labute approximate surface area is 157 Å². The van der Waals surface area contributed by atoms with E-state index in [0.717, 1.165) is 11.3 Å². The summed E-state index contributed by atoms with van der Waals surface area (Å²) >= 11 is 1.11. The number of carbonyl (C=O) groups excluding carboxylic acids is 1. The number of rotatable bonds is 6. The lowest BCUT2D eigenvalue weighted by atomic mass is 10.1. The molecule has 0 atom stereocenters.